The van der Waals surface area contributed by atoms with Crippen LogP contribution in [0.3, 0.4) is 0 Å². The Morgan fingerprint density at radius 1 is 1.00 bits per heavy atom. The topological polar surface area (TPSA) is 46.1 Å². The molecule has 0 aliphatic rings. The number of carbonyl (C=O) groups excluding carboxylic acids is 1. The van der Waals surface area contributed by atoms with Crippen LogP contribution in [0.4, 0.5) is 13.2 Å². The Morgan fingerprint density at radius 2 is 1.63 bits per heavy atom. The SMILES string of the molecule is CN(C)C(=O)C(Sc1nc(C(F)(F)F)nc2ccccc12)c1ccccc1. The molecule has 140 valence electrons. The highest BCUT2D eigenvalue weighted by Crippen LogP contribution is 2.40. The highest BCUT2D eigenvalue weighted by atomic mass is 32.2. The largest absolute Gasteiger partial charge is 0.451 e. The van der Waals surface area contributed by atoms with Gasteiger partial charge in [-0.3, -0.25) is 4.79 Å². The Bertz CT molecular complexity index is 961. The third kappa shape index (κ3) is 4.21. The standard InChI is InChI=1S/C19H16F3N3OS/c1-25(2)17(26)15(12-8-4-3-5-9-12)27-16-13-10-6-7-11-14(13)23-18(24-16)19(20,21)22/h3-11,15H,1-2H3. The molecule has 0 fully saturated rings. The molecule has 0 radical (unpaired) electrons. The number of amides is 1. The molecule has 2 aromatic carbocycles. The fourth-order valence-corrected chi connectivity index (χ4v) is 3.77. The first-order chi connectivity index (χ1) is 12.8. The molecule has 0 saturated carbocycles. The summed E-state index contributed by atoms with van der Waals surface area (Å²) in [4.78, 5) is 21.5. The van der Waals surface area contributed by atoms with Gasteiger partial charge in [-0.15, -0.1) is 0 Å². The van der Waals surface area contributed by atoms with Gasteiger partial charge in [0, 0.05) is 19.5 Å². The third-order valence-corrected chi connectivity index (χ3v) is 5.06. The van der Waals surface area contributed by atoms with Crippen LogP contribution in [0, 0.1) is 0 Å². The van der Waals surface area contributed by atoms with Crippen LogP contribution in [-0.2, 0) is 11.0 Å². The van der Waals surface area contributed by atoms with Gasteiger partial charge in [-0.2, -0.15) is 13.2 Å². The smallest absolute Gasteiger partial charge is 0.348 e. The van der Waals surface area contributed by atoms with Crippen molar-refractivity contribution < 1.29 is 18.0 Å². The quantitative estimate of drug-likeness (QED) is 0.483. The predicted octanol–water partition coefficient (Wildman–Crippen LogP) is 4.57. The molecule has 3 aromatic rings. The Hall–Kier alpha value is -2.61. The maximum Gasteiger partial charge on any atom is 0.451 e. The third-order valence-electron chi connectivity index (χ3n) is 3.82. The first-order valence-corrected chi connectivity index (χ1v) is 8.92. The number of fused-ring (bicyclic) bond motifs is 1. The van der Waals surface area contributed by atoms with Gasteiger partial charge in [0.15, 0.2) is 0 Å². The van der Waals surface area contributed by atoms with Crippen molar-refractivity contribution in [2.24, 2.45) is 0 Å². The highest BCUT2D eigenvalue weighted by Gasteiger charge is 2.36. The van der Waals surface area contributed by atoms with Crippen molar-refractivity contribution >= 4 is 28.6 Å². The van der Waals surface area contributed by atoms with Crippen LogP contribution in [0.2, 0.25) is 0 Å². The van der Waals surface area contributed by atoms with Gasteiger partial charge in [0.05, 0.1) is 5.52 Å². The summed E-state index contributed by atoms with van der Waals surface area (Å²) in [6.45, 7) is 0. The van der Waals surface area contributed by atoms with Gasteiger partial charge in [-0.1, -0.05) is 60.3 Å². The Morgan fingerprint density at radius 3 is 2.26 bits per heavy atom. The van der Waals surface area contributed by atoms with E-state index in [1.54, 1.807) is 56.6 Å². The van der Waals surface area contributed by atoms with Crippen molar-refractivity contribution in [3.8, 4) is 0 Å². The number of likely N-dealkylation sites (N-methyl/N-ethyl adjacent to an activating group) is 1. The van der Waals surface area contributed by atoms with E-state index >= 15 is 0 Å². The van der Waals surface area contributed by atoms with Crippen LogP contribution in [0.1, 0.15) is 16.6 Å². The van der Waals surface area contributed by atoms with Crippen LogP contribution < -0.4 is 0 Å². The molecule has 0 saturated heterocycles. The molecule has 0 N–H and O–H groups in total. The van der Waals surface area contributed by atoms with Gasteiger partial charge < -0.3 is 4.90 Å². The molecule has 0 bridgehead atoms. The predicted molar refractivity (Wildman–Crippen MR) is 98.3 cm³/mol. The van der Waals surface area contributed by atoms with E-state index in [9.17, 15) is 18.0 Å². The summed E-state index contributed by atoms with van der Waals surface area (Å²) in [6.07, 6.45) is -4.67. The maximum atomic E-state index is 13.2. The Kier molecular flexibility index (Phi) is 5.36. The van der Waals surface area contributed by atoms with Crippen molar-refractivity contribution in [1.29, 1.82) is 0 Å². The number of aromatic nitrogens is 2. The molecule has 27 heavy (non-hydrogen) atoms. The second kappa shape index (κ2) is 7.56. The first-order valence-electron chi connectivity index (χ1n) is 8.04. The monoisotopic (exact) mass is 391 g/mol. The summed E-state index contributed by atoms with van der Waals surface area (Å²) in [5, 5.41) is -0.124. The zero-order chi connectivity index (χ0) is 19.6. The molecule has 4 nitrogen and oxygen atoms in total. The van der Waals surface area contributed by atoms with Crippen molar-refractivity contribution in [2.45, 2.75) is 16.5 Å². The maximum absolute atomic E-state index is 13.2. The zero-order valence-electron chi connectivity index (χ0n) is 14.6. The molecule has 0 aliphatic heterocycles. The molecule has 3 rings (SSSR count). The summed E-state index contributed by atoms with van der Waals surface area (Å²) >= 11 is 0.996. The van der Waals surface area contributed by atoms with E-state index in [0.717, 1.165) is 11.8 Å². The normalized spacial score (nSPS) is 12.8. The molecule has 0 aliphatic carbocycles. The number of rotatable bonds is 4. The van der Waals surface area contributed by atoms with E-state index in [-0.39, 0.29) is 16.4 Å². The van der Waals surface area contributed by atoms with E-state index in [4.69, 9.17) is 0 Å². The molecule has 1 heterocycles. The number of nitrogens with zero attached hydrogens (tertiary/aromatic N) is 3. The Labute approximate surface area is 158 Å². The van der Waals surface area contributed by atoms with Crippen LogP contribution in [0.5, 0.6) is 0 Å². The molecular formula is C19H16F3N3OS. The lowest BCUT2D eigenvalue weighted by Gasteiger charge is -2.21. The second-order valence-corrected chi connectivity index (χ2v) is 7.10. The van der Waals surface area contributed by atoms with Gasteiger partial charge in [0.25, 0.3) is 0 Å². The number of para-hydroxylation sites is 1. The van der Waals surface area contributed by atoms with E-state index in [0.29, 0.717) is 10.9 Å². The number of thioether (sulfide) groups is 1. The van der Waals surface area contributed by atoms with E-state index in [1.165, 1.54) is 11.0 Å². The van der Waals surface area contributed by atoms with E-state index < -0.39 is 17.3 Å². The van der Waals surface area contributed by atoms with Gasteiger partial charge in [-0.05, 0) is 11.6 Å². The fourth-order valence-electron chi connectivity index (χ4n) is 2.50. The number of hydrogen-bond donors (Lipinski definition) is 0. The van der Waals surface area contributed by atoms with Crippen LogP contribution in [0.15, 0.2) is 59.6 Å². The van der Waals surface area contributed by atoms with Gasteiger partial charge in [-0.25, -0.2) is 9.97 Å². The molecule has 1 amide bonds. The molecule has 0 spiro atoms. The minimum Gasteiger partial charge on any atom is -0.348 e. The lowest BCUT2D eigenvalue weighted by atomic mass is 10.1. The molecule has 1 atom stereocenters. The number of carbonyl (C=O) groups is 1. The molecule has 8 heteroatoms. The van der Waals surface area contributed by atoms with Crippen LogP contribution >= 0.6 is 11.8 Å². The van der Waals surface area contributed by atoms with Crippen LogP contribution in [0.25, 0.3) is 10.9 Å². The average Bonchev–Trinajstić information content (AvgIpc) is 2.65. The van der Waals surface area contributed by atoms with Crippen molar-refractivity contribution in [2.75, 3.05) is 14.1 Å². The van der Waals surface area contributed by atoms with Crippen LogP contribution in [-0.4, -0.2) is 34.9 Å². The first kappa shape index (κ1) is 19.2. The fraction of sp³-hybridized carbons (Fsp3) is 0.211. The summed E-state index contributed by atoms with van der Waals surface area (Å²) in [5.74, 6) is -1.45. The number of benzene rings is 2. The highest BCUT2D eigenvalue weighted by molar-refractivity contribution is 8.00. The molecule has 1 unspecified atom stereocenters. The van der Waals surface area contributed by atoms with E-state index in [2.05, 4.69) is 9.97 Å². The average molecular weight is 391 g/mol. The minimum atomic E-state index is -4.67. The van der Waals surface area contributed by atoms with E-state index in [1.807, 2.05) is 6.07 Å². The van der Waals surface area contributed by atoms with Gasteiger partial charge in [0.2, 0.25) is 11.7 Å². The summed E-state index contributed by atoms with van der Waals surface area (Å²) in [6, 6.07) is 15.4. The molecule has 1 aromatic heterocycles. The minimum absolute atomic E-state index is 0.122. The van der Waals surface area contributed by atoms with Gasteiger partial charge >= 0.3 is 6.18 Å². The lowest BCUT2D eigenvalue weighted by Crippen LogP contribution is -2.26. The molecular weight excluding hydrogens is 375 g/mol. The summed E-state index contributed by atoms with van der Waals surface area (Å²) in [7, 11) is 3.22. The van der Waals surface area contributed by atoms with Crippen molar-refractivity contribution in [3.63, 3.8) is 0 Å². The van der Waals surface area contributed by atoms with Crippen molar-refractivity contribution in [1.82, 2.24) is 14.9 Å². The number of hydrogen-bond acceptors (Lipinski definition) is 4. The van der Waals surface area contributed by atoms with Gasteiger partial charge in [0.1, 0.15) is 10.3 Å². The number of alkyl halides is 3. The summed E-state index contributed by atoms with van der Waals surface area (Å²) in [5.41, 5.74) is 0.879. The summed E-state index contributed by atoms with van der Waals surface area (Å²) < 4.78 is 39.7. The Balaban J connectivity index is 2.13. The number of halogens is 3. The van der Waals surface area contributed by atoms with Crippen molar-refractivity contribution in [3.05, 3.63) is 66.0 Å². The zero-order valence-corrected chi connectivity index (χ0v) is 15.4. The second-order valence-electron chi connectivity index (χ2n) is 6.01. The lowest BCUT2D eigenvalue weighted by molar-refractivity contribution is -0.145.